The minimum Gasteiger partial charge on any atom is -0.497 e. The summed E-state index contributed by atoms with van der Waals surface area (Å²) in [6.07, 6.45) is 0. The van der Waals surface area contributed by atoms with Crippen molar-refractivity contribution in [1.29, 1.82) is 0 Å². The number of amides is 1. The molecule has 0 radical (unpaired) electrons. The molecule has 0 aliphatic rings. The summed E-state index contributed by atoms with van der Waals surface area (Å²) in [7, 11) is 3.30. The van der Waals surface area contributed by atoms with Gasteiger partial charge in [0.15, 0.2) is 0 Å². The van der Waals surface area contributed by atoms with Gasteiger partial charge in [0.05, 0.1) is 18.1 Å². The number of nitrogens with one attached hydrogen (secondary N) is 1. The standard InChI is InChI=1S/C23H27N3O2S/c1-15(2)13-26-21-10-9-17(16(3)14-29-23(27)24-4)12-20(21)25-22(26)18-7-6-8-19(11-18)28-5/h6-12,15H,3,13-14H2,1-2,4-5H3,(H,24,27). The second-order valence-corrected chi connectivity index (χ2v) is 8.25. The van der Waals surface area contributed by atoms with E-state index in [0.717, 1.165) is 45.9 Å². The van der Waals surface area contributed by atoms with Crippen LogP contribution < -0.4 is 10.1 Å². The first-order valence-corrected chi connectivity index (χ1v) is 10.6. The molecule has 0 bridgehead atoms. The first-order valence-electron chi connectivity index (χ1n) is 9.60. The van der Waals surface area contributed by atoms with Crippen LogP contribution in [-0.4, -0.2) is 34.7 Å². The minimum atomic E-state index is -0.0613. The highest BCUT2D eigenvalue weighted by Gasteiger charge is 2.15. The number of thioether (sulfide) groups is 1. The maximum absolute atomic E-state index is 11.5. The molecule has 0 spiro atoms. The van der Waals surface area contributed by atoms with Gasteiger partial charge in [-0.1, -0.05) is 50.4 Å². The van der Waals surface area contributed by atoms with Crippen LogP contribution in [0.2, 0.25) is 0 Å². The van der Waals surface area contributed by atoms with Crippen molar-refractivity contribution >= 4 is 33.6 Å². The average Bonchev–Trinajstić information content (AvgIpc) is 3.08. The number of carbonyl (C=O) groups is 1. The molecule has 1 heterocycles. The van der Waals surface area contributed by atoms with E-state index in [2.05, 4.69) is 54.6 Å². The van der Waals surface area contributed by atoms with Gasteiger partial charge in [-0.05, 0) is 41.3 Å². The number of hydrogen-bond donors (Lipinski definition) is 1. The number of methoxy groups -OCH3 is 1. The van der Waals surface area contributed by atoms with Crippen molar-refractivity contribution in [3.05, 3.63) is 54.6 Å². The van der Waals surface area contributed by atoms with Crippen molar-refractivity contribution in [3.63, 3.8) is 0 Å². The number of hydrogen-bond acceptors (Lipinski definition) is 4. The lowest BCUT2D eigenvalue weighted by Gasteiger charge is -2.12. The van der Waals surface area contributed by atoms with Crippen LogP contribution in [0.1, 0.15) is 19.4 Å². The summed E-state index contributed by atoms with van der Waals surface area (Å²) in [6, 6.07) is 14.2. The number of ether oxygens (including phenoxy) is 1. The molecule has 0 fully saturated rings. The van der Waals surface area contributed by atoms with Gasteiger partial charge in [-0.2, -0.15) is 0 Å². The maximum Gasteiger partial charge on any atom is 0.279 e. The first-order chi connectivity index (χ1) is 13.9. The van der Waals surface area contributed by atoms with E-state index < -0.39 is 0 Å². The van der Waals surface area contributed by atoms with Gasteiger partial charge in [-0.3, -0.25) is 4.79 Å². The van der Waals surface area contributed by atoms with Crippen LogP contribution in [-0.2, 0) is 6.54 Å². The van der Waals surface area contributed by atoms with Gasteiger partial charge < -0.3 is 14.6 Å². The van der Waals surface area contributed by atoms with E-state index in [0.29, 0.717) is 11.7 Å². The van der Waals surface area contributed by atoms with E-state index in [9.17, 15) is 4.79 Å². The largest absolute Gasteiger partial charge is 0.497 e. The molecule has 3 rings (SSSR count). The van der Waals surface area contributed by atoms with Crippen molar-refractivity contribution in [3.8, 4) is 17.1 Å². The second kappa shape index (κ2) is 9.18. The third-order valence-corrected chi connectivity index (χ3v) is 5.57. The van der Waals surface area contributed by atoms with Gasteiger partial charge in [0.2, 0.25) is 0 Å². The summed E-state index contributed by atoms with van der Waals surface area (Å²) in [4.78, 5) is 16.5. The lowest BCUT2D eigenvalue weighted by Crippen LogP contribution is -2.11. The number of rotatable bonds is 7. The predicted octanol–water partition coefficient (Wildman–Crippen LogP) is 5.45. The number of nitrogens with zero attached hydrogens (tertiary/aromatic N) is 2. The van der Waals surface area contributed by atoms with Gasteiger partial charge in [0.1, 0.15) is 11.6 Å². The molecular weight excluding hydrogens is 382 g/mol. The highest BCUT2D eigenvalue weighted by Crippen LogP contribution is 2.30. The first kappa shape index (κ1) is 21.0. The van der Waals surface area contributed by atoms with E-state index in [1.165, 1.54) is 11.8 Å². The number of imidazole rings is 1. The van der Waals surface area contributed by atoms with E-state index >= 15 is 0 Å². The molecule has 0 saturated heterocycles. The quantitative estimate of drug-likeness (QED) is 0.563. The Labute approximate surface area is 176 Å². The fraction of sp³-hybridized carbons (Fsp3) is 0.304. The molecule has 1 amide bonds. The molecule has 0 atom stereocenters. The Hall–Kier alpha value is -2.73. The number of fused-ring (bicyclic) bond motifs is 1. The SMILES string of the molecule is C=C(CSC(=O)NC)c1ccc2c(c1)nc(-c1cccc(OC)c1)n2CC(C)C. The van der Waals surface area contributed by atoms with Crippen LogP contribution >= 0.6 is 11.8 Å². The molecular formula is C23H27N3O2S. The third-order valence-electron chi connectivity index (χ3n) is 4.61. The highest BCUT2D eigenvalue weighted by atomic mass is 32.2. The molecule has 1 aromatic heterocycles. The lowest BCUT2D eigenvalue weighted by atomic mass is 10.1. The topological polar surface area (TPSA) is 56.1 Å². The molecule has 152 valence electrons. The van der Waals surface area contributed by atoms with Gasteiger partial charge in [0, 0.05) is 24.9 Å². The normalized spacial score (nSPS) is 11.1. The molecule has 0 aliphatic carbocycles. The zero-order valence-corrected chi connectivity index (χ0v) is 18.2. The summed E-state index contributed by atoms with van der Waals surface area (Å²) in [5, 5.41) is 2.55. The van der Waals surface area contributed by atoms with Crippen LogP contribution in [0.15, 0.2) is 49.0 Å². The van der Waals surface area contributed by atoms with E-state index in [-0.39, 0.29) is 5.24 Å². The molecule has 6 heteroatoms. The minimum absolute atomic E-state index is 0.0613. The van der Waals surface area contributed by atoms with Crippen molar-refractivity contribution in [2.45, 2.75) is 20.4 Å². The predicted molar refractivity (Wildman–Crippen MR) is 123 cm³/mol. The van der Waals surface area contributed by atoms with Crippen molar-refractivity contribution in [1.82, 2.24) is 14.9 Å². The van der Waals surface area contributed by atoms with Gasteiger partial charge >= 0.3 is 0 Å². The zero-order chi connectivity index (χ0) is 21.0. The summed E-state index contributed by atoms with van der Waals surface area (Å²) in [5.41, 5.74) is 4.94. The summed E-state index contributed by atoms with van der Waals surface area (Å²) in [5.74, 6) is 2.76. The molecule has 3 aromatic rings. The second-order valence-electron chi connectivity index (χ2n) is 7.30. The van der Waals surface area contributed by atoms with Crippen LogP contribution in [0.4, 0.5) is 4.79 Å². The number of benzene rings is 2. The molecule has 5 nitrogen and oxygen atoms in total. The zero-order valence-electron chi connectivity index (χ0n) is 17.4. The maximum atomic E-state index is 11.5. The Balaban J connectivity index is 2.02. The van der Waals surface area contributed by atoms with Crippen LogP contribution in [0.3, 0.4) is 0 Å². The molecule has 1 N–H and O–H groups in total. The monoisotopic (exact) mass is 409 g/mol. The van der Waals surface area contributed by atoms with Gasteiger partial charge in [0.25, 0.3) is 5.24 Å². The fourth-order valence-electron chi connectivity index (χ4n) is 3.19. The molecule has 2 aromatic carbocycles. The van der Waals surface area contributed by atoms with Crippen molar-refractivity contribution in [2.24, 2.45) is 5.92 Å². The summed E-state index contributed by atoms with van der Waals surface area (Å²) < 4.78 is 7.66. The highest BCUT2D eigenvalue weighted by molar-refractivity contribution is 8.13. The molecule has 0 unspecified atom stereocenters. The van der Waals surface area contributed by atoms with Gasteiger partial charge in [-0.25, -0.2) is 4.98 Å². The molecule has 0 aliphatic heterocycles. The molecule has 29 heavy (non-hydrogen) atoms. The summed E-state index contributed by atoms with van der Waals surface area (Å²) in [6.45, 7) is 9.42. The smallest absolute Gasteiger partial charge is 0.279 e. The van der Waals surface area contributed by atoms with E-state index in [1.807, 2.05) is 18.2 Å². The van der Waals surface area contributed by atoms with Crippen molar-refractivity contribution in [2.75, 3.05) is 19.9 Å². The Morgan fingerprint density at radius 2 is 2.07 bits per heavy atom. The number of carbonyl (C=O) groups excluding carboxylic acids is 1. The van der Waals surface area contributed by atoms with Crippen LogP contribution in [0.5, 0.6) is 5.75 Å². The van der Waals surface area contributed by atoms with Gasteiger partial charge in [-0.15, -0.1) is 0 Å². The fourth-order valence-corrected chi connectivity index (χ4v) is 3.81. The summed E-state index contributed by atoms with van der Waals surface area (Å²) >= 11 is 1.21. The molecule has 0 saturated carbocycles. The Kier molecular flexibility index (Phi) is 6.64. The third kappa shape index (κ3) is 4.82. The van der Waals surface area contributed by atoms with Crippen molar-refractivity contribution < 1.29 is 9.53 Å². The van der Waals surface area contributed by atoms with Crippen LogP contribution in [0.25, 0.3) is 28.0 Å². The Morgan fingerprint density at radius 3 is 2.76 bits per heavy atom. The Morgan fingerprint density at radius 1 is 1.28 bits per heavy atom. The Bertz CT molecular complexity index is 1040. The number of aromatic nitrogens is 2. The van der Waals surface area contributed by atoms with E-state index in [1.54, 1.807) is 14.2 Å². The average molecular weight is 410 g/mol. The van der Waals surface area contributed by atoms with E-state index in [4.69, 9.17) is 9.72 Å². The van der Waals surface area contributed by atoms with Crippen LogP contribution in [0, 0.1) is 5.92 Å². The lowest BCUT2D eigenvalue weighted by molar-refractivity contribution is 0.262.